The van der Waals surface area contributed by atoms with Gasteiger partial charge in [0.25, 0.3) is 0 Å². The number of benzene rings is 1. The maximum absolute atomic E-state index is 13.6. The van der Waals surface area contributed by atoms with Crippen molar-refractivity contribution in [2.75, 3.05) is 6.54 Å². The van der Waals surface area contributed by atoms with Gasteiger partial charge in [-0.25, -0.2) is 4.79 Å². The molecule has 4 saturated carbocycles. The van der Waals surface area contributed by atoms with Gasteiger partial charge in [-0.15, -0.1) is 0 Å². The Morgan fingerprint density at radius 3 is 2.58 bits per heavy atom. The maximum Gasteiger partial charge on any atom is 0.338 e. The summed E-state index contributed by atoms with van der Waals surface area (Å²) in [7, 11) is 0. The lowest BCUT2D eigenvalue weighted by Crippen LogP contribution is -2.62. The van der Waals surface area contributed by atoms with E-state index in [4.69, 9.17) is 9.47 Å². The van der Waals surface area contributed by atoms with E-state index in [2.05, 4.69) is 48.9 Å². The summed E-state index contributed by atoms with van der Waals surface area (Å²) in [4.78, 5) is 26.3. The minimum Gasteiger partial charge on any atom is -0.458 e. The molecule has 40 heavy (non-hydrogen) atoms. The van der Waals surface area contributed by atoms with Gasteiger partial charge in [0.1, 0.15) is 17.6 Å². The molecule has 6 aliphatic rings. The number of carbonyl (C=O) groups excluding carboxylic acids is 2. The lowest BCUT2D eigenvalue weighted by molar-refractivity contribution is -0.175. The van der Waals surface area contributed by atoms with E-state index in [0.29, 0.717) is 59.2 Å². The SMILES string of the molecule is C[C@@H]1CC[C@@]2(NC1)O[C@H]1C[C@H]3[C@@H]4CC[C@H]5CC(=O)[C@H](Br)C[C@]5(C)[C@H]4C[C@@H](OC(=O)c4ccccc4)[C@]3(C)[C@H]1[C@@H]2C. The number of ether oxygens (including phenoxy) is 2. The van der Waals surface area contributed by atoms with Crippen LogP contribution in [0, 0.1) is 52.3 Å². The van der Waals surface area contributed by atoms with Crippen molar-refractivity contribution in [2.45, 2.75) is 102 Å². The predicted octanol–water partition coefficient (Wildman–Crippen LogP) is 6.78. The molecule has 2 saturated heterocycles. The molecular weight excluding hydrogens is 566 g/mol. The molecular formula is C34H46BrNO4. The van der Waals surface area contributed by atoms with Gasteiger partial charge in [-0.2, -0.15) is 0 Å². The first kappa shape index (κ1) is 27.6. The van der Waals surface area contributed by atoms with Crippen molar-refractivity contribution in [3.63, 3.8) is 0 Å². The minimum absolute atomic E-state index is 0.0583. The third-order valence-electron chi connectivity index (χ3n) is 13.3. The number of piperidine rings is 1. The molecule has 0 unspecified atom stereocenters. The van der Waals surface area contributed by atoms with E-state index in [0.717, 1.165) is 38.6 Å². The number of esters is 1. The number of nitrogens with one attached hydrogen (secondary N) is 1. The second-order valence-corrected chi connectivity index (χ2v) is 16.1. The quantitative estimate of drug-likeness (QED) is 0.295. The van der Waals surface area contributed by atoms with Crippen molar-refractivity contribution in [3.8, 4) is 0 Å². The molecule has 1 spiro atoms. The number of halogens is 1. The molecule has 218 valence electrons. The summed E-state index contributed by atoms with van der Waals surface area (Å²) in [6.45, 7) is 10.6. The lowest BCUT2D eigenvalue weighted by Gasteiger charge is -2.62. The van der Waals surface area contributed by atoms with Crippen molar-refractivity contribution in [1.29, 1.82) is 0 Å². The smallest absolute Gasteiger partial charge is 0.338 e. The number of fused-ring (bicyclic) bond motifs is 7. The number of carbonyl (C=O) groups is 2. The first-order valence-corrected chi connectivity index (χ1v) is 16.8. The van der Waals surface area contributed by atoms with Crippen molar-refractivity contribution in [2.24, 2.45) is 52.3 Å². The van der Waals surface area contributed by atoms with Gasteiger partial charge in [-0.05, 0) is 92.1 Å². The summed E-state index contributed by atoms with van der Waals surface area (Å²) in [5.74, 6) is 3.48. The van der Waals surface area contributed by atoms with Crippen LogP contribution in [0.4, 0.5) is 0 Å². The van der Waals surface area contributed by atoms with E-state index in [1.54, 1.807) is 0 Å². The fourth-order valence-corrected chi connectivity index (χ4v) is 12.0. The zero-order valence-corrected chi connectivity index (χ0v) is 26.1. The number of hydrogen-bond acceptors (Lipinski definition) is 5. The highest BCUT2D eigenvalue weighted by atomic mass is 79.9. The molecule has 6 fully saturated rings. The predicted molar refractivity (Wildman–Crippen MR) is 158 cm³/mol. The van der Waals surface area contributed by atoms with Crippen LogP contribution in [0.25, 0.3) is 0 Å². The summed E-state index contributed by atoms with van der Waals surface area (Å²) in [6, 6.07) is 9.51. The third kappa shape index (κ3) is 3.90. The molecule has 4 aliphatic carbocycles. The summed E-state index contributed by atoms with van der Waals surface area (Å²) < 4.78 is 13.8. The number of ketones is 1. The molecule has 0 bridgehead atoms. The zero-order chi connectivity index (χ0) is 28.0. The van der Waals surface area contributed by atoms with E-state index in [1.165, 1.54) is 12.8 Å². The van der Waals surface area contributed by atoms with Gasteiger partial charge in [0.05, 0.1) is 16.5 Å². The second-order valence-electron chi connectivity index (χ2n) is 15.0. The maximum atomic E-state index is 13.6. The van der Waals surface area contributed by atoms with Crippen molar-refractivity contribution in [3.05, 3.63) is 35.9 Å². The molecule has 1 aromatic carbocycles. The van der Waals surface area contributed by atoms with E-state index in [-0.39, 0.29) is 39.6 Å². The third-order valence-corrected chi connectivity index (χ3v) is 14.1. The molecule has 1 aromatic rings. The molecule has 7 rings (SSSR count). The Hall–Kier alpha value is -1.24. The Balaban J connectivity index is 1.26. The van der Waals surface area contributed by atoms with Gasteiger partial charge in [-0.3, -0.25) is 10.1 Å². The average molecular weight is 613 g/mol. The Labute approximate surface area is 248 Å². The van der Waals surface area contributed by atoms with Gasteiger partial charge in [-0.1, -0.05) is 61.8 Å². The highest BCUT2D eigenvalue weighted by Gasteiger charge is 2.72. The van der Waals surface area contributed by atoms with Crippen molar-refractivity contribution < 1.29 is 19.1 Å². The van der Waals surface area contributed by atoms with Gasteiger partial charge in [0.2, 0.25) is 0 Å². The van der Waals surface area contributed by atoms with E-state index in [1.807, 2.05) is 30.3 Å². The highest BCUT2D eigenvalue weighted by molar-refractivity contribution is 9.10. The average Bonchev–Trinajstić information content (AvgIpc) is 3.38. The van der Waals surface area contributed by atoms with E-state index < -0.39 is 0 Å². The number of Topliss-reactive ketones (excluding diaryl/α,β-unsaturated/α-hetero) is 1. The first-order chi connectivity index (χ1) is 19.1. The molecule has 1 N–H and O–H groups in total. The monoisotopic (exact) mass is 611 g/mol. The Morgan fingerprint density at radius 1 is 1.07 bits per heavy atom. The number of alkyl halides is 1. The minimum atomic E-state index is -0.253. The fourth-order valence-electron chi connectivity index (χ4n) is 11.1. The van der Waals surface area contributed by atoms with Crippen LogP contribution in [0.2, 0.25) is 0 Å². The van der Waals surface area contributed by atoms with Gasteiger partial charge in [0, 0.05) is 30.2 Å². The van der Waals surface area contributed by atoms with Crippen LogP contribution in [-0.2, 0) is 14.3 Å². The summed E-state index contributed by atoms with van der Waals surface area (Å²) in [5, 5.41) is 3.86. The summed E-state index contributed by atoms with van der Waals surface area (Å²) in [5.41, 5.74) is 0.324. The molecule has 5 nitrogen and oxygen atoms in total. The van der Waals surface area contributed by atoms with Crippen LogP contribution in [-0.4, -0.2) is 41.1 Å². The fraction of sp³-hybridized carbons (Fsp3) is 0.765. The van der Waals surface area contributed by atoms with Crippen LogP contribution in [0.5, 0.6) is 0 Å². The number of rotatable bonds is 2. The lowest BCUT2D eigenvalue weighted by atomic mass is 9.43. The second kappa shape index (κ2) is 9.64. The van der Waals surface area contributed by atoms with Gasteiger partial charge < -0.3 is 9.47 Å². The molecule has 2 aliphatic heterocycles. The number of hydrogen-bond donors (Lipinski definition) is 1. The Morgan fingerprint density at radius 2 is 1.85 bits per heavy atom. The standard InChI is InChI=1S/C34H46BrNO4/c1-19-12-13-34(36-18-19)20(2)30-28(40-34)15-25-23-11-10-22-14-27(37)26(35)17-32(22,3)24(23)16-29(33(25,30)4)39-31(38)21-8-6-5-7-9-21/h5-9,19-20,22-26,28-30,36H,10-18H2,1-4H3/t19-,20+,22+,23-,24+,25+,26-,28+,29-,30+,32+,33-,34-/m1/s1. The first-order valence-electron chi connectivity index (χ1n) is 15.9. The summed E-state index contributed by atoms with van der Waals surface area (Å²) in [6.07, 6.45) is 8.14. The zero-order valence-electron chi connectivity index (χ0n) is 24.5. The van der Waals surface area contributed by atoms with Crippen molar-refractivity contribution in [1.82, 2.24) is 5.32 Å². The van der Waals surface area contributed by atoms with Crippen LogP contribution in [0.15, 0.2) is 30.3 Å². The van der Waals surface area contributed by atoms with E-state index in [9.17, 15) is 9.59 Å². The Kier molecular flexibility index (Phi) is 6.65. The largest absolute Gasteiger partial charge is 0.458 e. The van der Waals surface area contributed by atoms with Crippen LogP contribution in [0.1, 0.15) is 89.4 Å². The molecule has 0 aromatic heterocycles. The van der Waals surface area contributed by atoms with E-state index >= 15 is 0 Å². The van der Waals surface area contributed by atoms with Crippen LogP contribution >= 0.6 is 15.9 Å². The van der Waals surface area contributed by atoms with Crippen LogP contribution in [0.3, 0.4) is 0 Å². The summed E-state index contributed by atoms with van der Waals surface area (Å²) >= 11 is 3.75. The highest BCUT2D eigenvalue weighted by Crippen LogP contribution is 2.71. The topological polar surface area (TPSA) is 64.6 Å². The molecule has 0 radical (unpaired) electrons. The normalized spacial score (nSPS) is 51.5. The van der Waals surface area contributed by atoms with Gasteiger partial charge >= 0.3 is 5.97 Å². The molecule has 2 heterocycles. The van der Waals surface area contributed by atoms with Gasteiger partial charge in [0.15, 0.2) is 0 Å². The molecule has 13 atom stereocenters. The molecule has 0 amide bonds. The molecule has 6 heteroatoms. The Bertz CT molecular complexity index is 1170. The van der Waals surface area contributed by atoms with Crippen molar-refractivity contribution >= 4 is 27.7 Å². The van der Waals surface area contributed by atoms with Crippen LogP contribution < -0.4 is 5.32 Å².